The van der Waals surface area contributed by atoms with Crippen molar-refractivity contribution in [1.29, 1.82) is 0 Å². The molecule has 0 radical (unpaired) electrons. The van der Waals surface area contributed by atoms with E-state index in [2.05, 4.69) is 15.9 Å². The molecule has 16 heavy (non-hydrogen) atoms. The van der Waals surface area contributed by atoms with Gasteiger partial charge in [-0.15, -0.1) is 0 Å². The SMILES string of the molecule is CC(C)(C)OC(=O)c1ccc(Cl)c(CBr)c1. The molecule has 1 aromatic carbocycles. The molecule has 0 spiro atoms. The Balaban J connectivity index is 2.93. The molecular weight excluding hydrogens is 291 g/mol. The number of esters is 1. The van der Waals surface area contributed by atoms with Gasteiger partial charge in [0, 0.05) is 10.4 Å². The number of carbonyl (C=O) groups is 1. The molecule has 0 atom stereocenters. The minimum atomic E-state index is -0.481. The second-order valence-corrected chi connectivity index (χ2v) is 5.41. The lowest BCUT2D eigenvalue weighted by atomic mass is 10.1. The Labute approximate surface area is 109 Å². The molecule has 0 aliphatic carbocycles. The van der Waals surface area contributed by atoms with Crippen LogP contribution in [0.1, 0.15) is 36.7 Å². The molecule has 0 amide bonds. The molecule has 0 heterocycles. The van der Waals surface area contributed by atoms with Gasteiger partial charge in [-0.25, -0.2) is 4.79 Å². The molecular formula is C12H14BrClO2. The first kappa shape index (κ1) is 13.5. The Kier molecular flexibility index (Phi) is 4.39. The fourth-order valence-corrected chi connectivity index (χ4v) is 1.95. The lowest BCUT2D eigenvalue weighted by Crippen LogP contribution is -2.23. The maximum absolute atomic E-state index is 11.8. The molecule has 0 aliphatic rings. The smallest absolute Gasteiger partial charge is 0.338 e. The van der Waals surface area contributed by atoms with Crippen molar-refractivity contribution in [3.8, 4) is 0 Å². The van der Waals surface area contributed by atoms with Gasteiger partial charge in [0.1, 0.15) is 5.60 Å². The number of alkyl halides is 1. The molecule has 1 rings (SSSR count). The highest BCUT2D eigenvalue weighted by atomic mass is 79.9. The van der Waals surface area contributed by atoms with Gasteiger partial charge in [0.2, 0.25) is 0 Å². The van der Waals surface area contributed by atoms with Crippen molar-refractivity contribution in [2.24, 2.45) is 0 Å². The van der Waals surface area contributed by atoms with Crippen molar-refractivity contribution < 1.29 is 9.53 Å². The summed E-state index contributed by atoms with van der Waals surface area (Å²) >= 11 is 9.27. The van der Waals surface area contributed by atoms with Crippen LogP contribution in [0.5, 0.6) is 0 Å². The average molecular weight is 306 g/mol. The Morgan fingerprint density at radius 3 is 2.56 bits per heavy atom. The van der Waals surface area contributed by atoms with Crippen LogP contribution >= 0.6 is 27.5 Å². The van der Waals surface area contributed by atoms with Crippen LogP contribution < -0.4 is 0 Å². The Hall–Kier alpha value is -0.540. The van der Waals surface area contributed by atoms with Crippen LogP contribution in [-0.2, 0) is 10.1 Å². The molecule has 0 saturated carbocycles. The molecule has 4 heteroatoms. The fourth-order valence-electron chi connectivity index (χ4n) is 1.14. The topological polar surface area (TPSA) is 26.3 Å². The summed E-state index contributed by atoms with van der Waals surface area (Å²) in [6.07, 6.45) is 0. The van der Waals surface area contributed by atoms with E-state index < -0.39 is 5.60 Å². The van der Waals surface area contributed by atoms with Crippen LogP contribution in [0, 0.1) is 0 Å². The van der Waals surface area contributed by atoms with Gasteiger partial charge in [-0.2, -0.15) is 0 Å². The summed E-state index contributed by atoms with van der Waals surface area (Å²) in [5.41, 5.74) is 0.921. The van der Waals surface area contributed by atoms with Crippen molar-refractivity contribution >= 4 is 33.5 Å². The largest absolute Gasteiger partial charge is 0.456 e. The van der Waals surface area contributed by atoms with E-state index in [0.29, 0.717) is 15.9 Å². The molecule has 1 aromatic rings. The molecule has 0 N–H and O–H groups in total. The van der Waals surface area contributed by atoms with Gasteiger partial charge < -0.3 is 4.74 Å². The molecule has 88 valence electrons. The van der Waals surface area contributed by atoms with E-state index >= 15 is 0 Å². The molecule has 0 unspecified atom stereocenters. The predicted molar refractivity (Wildman–Crippen MR) is 69.3 cm³/mol. The van der Waals surface area contributed by atoms with Crippen LogP contribution in [0.25, 0.3) is 0 Å². The highest BCUT2D eigenvalue weighted by Crippen LogP contribution is 2.21. The molecule has 0 bridgehead atoms. The normalized spacial score (nSPS) is 11.3. The minimum Gasteiger partial charge on any atom is -0.456 e. The number of halogens is 2. The molecule has 0 fully saturated rings. The zero-order valence-electron chi connectivity index (χ0n) is 9.51. The van der Waals surface area contributed by atoms with Crippen molar-refractivity contribution in [1.82, 2.24) is 0 Å². The third-order valence-corrected chi connectivity index (χ3v) is 2.80. The second-order valence-electron chi connectivity index (χ2n) is 4.44. The number of hydrogen-bond acceptors (Lipinski definition) is 2. The van der Waals surface area contributed by atoms with Gasteiger partial charge in [-0.05, 0) is 44.5 Å². The van der Waals surface area contributed by atoms with Crippen LogP contribution in [0.3, 0.4) is 0 Å². The van der Waals surface area contributed by atoms with E-state index in [4.69, 9.17) is 16.3 Å². The van der Waals surface area contributed by atoms with Gasteiger partial charge in [0.25, 0.3) is 0 Å². The van der Waals surface area contributed by atoms with Gasteiger partial charge in [0.05, 0.1) is 5.56 Å². The van der Waals surface area contributed by atoms with E-state index in [0.717, 1.165) is 5.56 Å². The van der Waals surface area contributed by atoms with E-state index in [1.54, 1.807) is 18.2 Å². The van der Waals surface area contributed by atoms with Crippen molar-refractivity contribution in [2.75, 3.05) is 0 Å². The lowest BCUT2D eigenvalue weighted by Gasteiger charge is -2.19. The third kappa shape index (κ3) is 3.80. The highest BCUT2D eigenvalue weighted by Gasteiger charge is 2.18. The first-order valence-electron chi connectivity index (χ1n) is 4.91. The molecule has 0 aromatic heterocycles. The van der Waals surface area contributed by atoms with Crippen molar-refractivity contribution in [3.63, 3.8) is 0 Å². The first-order valence-corrected chi connectivity index (χ1v) is 6.41. The number of carbonyl (C=O) groups excluding carboxylic acids is 1. The number of ether oxygens (including phenoxy) is 1. The summed E-state index contributed by atoms with van der Waals surface area (Å²) in [5.74, 6) is -0.327. The quantitative estimate of drug-likeness (QED) is 0.605. The Bertz CT molecular complexity index is 396. The number of rotatable bonds is 2. The second kappa shape index (κ2) is 5.19. The van der Waals surface area contributed by atoms with Gasteiger partial charge >= 0.3 is 5.97 Å². The summed E-state index contributed by atoms with van der Waals surface area (Å²) in [6.45, 7) is 5.52. The molecule has 2 nitrogen and oxygen atoms in total. The number of benzene rings is 1. The highest BCUT2D eigenvalue weighted by molar-refractivity contribution is 9.08. The summed E-state index contributed by atoms with van der Waals surface area (Å²) in [6, 6.07) is 5.12. The number of hydrogen-bond donors (Lipinski definition) is 0. The van der Waals surface area contributed by atoms with E-state index in [9.17, 15) is 4.79 Å². The van der Waals surface area contributed by atoms with Crippen LogP contribution in [0.15, 0.2) is 18.2 Å². The van der Waals surface area contributed by atoms with E-state index in [-0.39, 0.29) is 5.97 Å². The van der Waals surface area contributed by atoms with Crippen molar-refractivity contribution in [2.45, 2.75) is 31.7 Å². The standard InChI is InChI=1S/C12H14BrClO2/c1-12(2,3)16-11(15)8-4-5-10(14)9(6-8)7-13/h4-6H,7H2,1-3H3. The summed E-state index contributed by atoms with van der Waals surface area (Å²) in [7, 11) is 0. The predicted octanol–water partition coefficient (Wildman–Crippen LogP) is 4.19. The Morgan fingerprint density at radius 2 is 2.06 bits per heavy atom. The van der Waals surface area contributed by atoms with E-state index in [1.807, 2.05) is 20.8 Å². The summed E-state index contributed by atoms with van der Waals surface area (Å²) in [5, 5.41) is 1.26. The average Bonchev–Trinajstić information content (AvgIpc) is 2.15. The first-order chi connectivity index (χ1) is 7.33. The lowest BCUT2D eigenvalue weighted by molar-refractivity contribution is 0.00694. The monoisotopic (exact) mass is 304 g/mol. The van der Waals surface area contributed by atoms with Gasteiger partial charge in [-0.3, -0.25) is 0 Å². The minimum absolute atomic E-state index is 0.327. The van der Waals surface area contributed by atoms with Gasteiger partial charge in [0.15, 0.2) is 0 Å². The zero-order chi connectivity index (χ0) is 12.3. The van der Waals surface area contributed by atoms with Crippen molar-refractivity contribution in [3.05, 3.63) is 34.3 Å². The maximum atomic E-state index is 11.8. The van der Waals surface area contributed by atoms with Crippen LogP contribution in [-0.4, -0.2) is 11.6 Å². The molecule has 0 saturated heterocycles. The maximum Gasteiger partial charge on any atom is 0.338 e. The Morgan fingerprint density at radius 1 is 1.44 bits per heavy atom. The van der Waals surface area contributed by atoms with Crippen LogP contribution in [0.4, 0.5) is 0 Å². The summed E-state index contributed by atoms with van der Waals surface area (Å²) < 4.78 is 5.27. The fraction of sp³-hybridized carbons (Fsp3) is 0.417. The zero-order valence-corrected chi connectivity index (χ0v) is 11.9. The van der Waals surface area contributed by atoms with E-state index in [1.165, 1.54) is 0 Å². The third-order valence-electron chi connectivity index (χ3n) is 1.82. The van der Waals surface area contributed by atoms with Crippen LogP contribution in [0.2, 0.25) is 5.02 Å². The van der Waals surface area contributed by atoms with Gasteiger partial charge in [-0.1, -0.05) is 27.5 Å². The molecule has 0 aliphatic heterocycles. The summed E-state index contributed by atoms with van der Waals surface area (Å²) in [4.78, 5) is 11.8.